The van der Waals surface area contributed by atoms with Gasteiger partial charge in [0.1, 0.15) is 11.4 Å². The SMILES string of the molecule is Cc1ccc2c(c1)[C@H](NC(=S)Nc1ccc(C(F)(F)F)cc1)CC(C)(C)O2. The second kappa shape index (κ2) is 7.03. The molecule has 7 heteroatoms. The van der Waals surface area contributed by atoms with Crippen LogP contribution < -0.4 is 15.4 Å². The molecule has 0 saturated heterocycles. The molecule has 144 valence electrons. The highest BCUT2D eigenvalue weighted by molar-refractivity contribution is 7.80. The number of rotatable bonds is 2. The molecule has 0 amide bonds. The Balaban J connectivity index is 1.73. The molecule has 27 heavy (non-hydrogen) atoms. The van der Waals surface area contributed by atoms with Crippen LogP contribution >= 0.6 is 12.2 Å². The Bertz CT molecular complexity index is 847. The molecule has 2 aromatic rings. The van der Waals surface area contributed by atoms with Gasteiger partial charge in [-0.05, 0) is 63.3 Å². The lowest BCUT2D eigenvalue weighted by Gasteiger charge is -2.38. The largest absolute Gasteiger partial charge is 0.487 e. The number of hydrogen-bond donors (Lipinski definition) is 2. The van der Waals surface area contributed by atoms with Gasteiger partial charge in [0.2, 0.25) is 0 Å². The molecule has 2 N–H and O–H groups in total. The third-order valence-electron chi connectivity index (χ3n) is 4.40. The Morgan fingerprint density at radius 2 is 1.81 bits per heavy atom. The number of thiocarbonyl (C=S) groups is 1. The maximum atomic E-state index is 12.7. The quantitative estimate of drug-likeness (QED) is 0.650. The van der Waals surface area contributed by atoms with Crippen molar-refractivity contribution in [3.8, 4) is 5.75 Å². The number of fused-ring (bicyclic) bond motifs is 1. The number of alkyl halides is 3. The Morgan fingerprint density at radius 1 is 1.15 bits per heavy atom. The van der Waals surface area contributed by atoms with Crippen molar-refractivity contribution in [2.24, 2.45) is 0 Å². The van der Waals surface area contributed by atoms with Gasteiger partial charge in [-0.2, -0.15) is 13.2 Å². The second-order valence-electron chi connectivity index (χ2n) is 7.33. The van der Waals surface area contributed by atoms with Gasteiger partial charge in [-0.3, -0.25) is 0 Å². The molecular formula is C20H21F3N2OS. The van der Waals surface area contributed by atoms with E-state index < -0.39 is 11.7 Å². The van der Waals surface area contributed by atoms with Crippen molar-refractivity contribution in [2.75, 3.05) is 5.32 Å². The number of hydrogen-bond acceptors (Lipinski definition) is 2. The van der Waals surface area contributed by atoms with E-state index in [9.17, 15) is 13.2 Å². The molecule has 0 fully saturated rings. The van der Waals surface area contributed by atoms with Gasteiger partial charge in [0, 0.05) is 17.7 Å². The second-order valence-corrected chi connectivity index (χ2v) is 7.74. The van der Waals surface area contributed by atoms with E-state index >= 15 is 0 Å². The van der Waals surface area contributed by atoms with Crippen molar-refractivity contribution in [1.82, 2.24) is 5.32 Å². The molecule has 0 radical (unpaired) electrons. The number of aryl methyl sites for hydroxylation is 1. The molecule has 2 aromatic carbocycles. The highest BCUT2D eigenvalue weighted by Gasteiger charge is 2.34. The van der Waals surface area contributed by atoms with E-state index in [0.29, 0.717) is 17.2 Å². The molecule has 1 aliphatic heterocycles. The molecule has 0 aliphatic carbocycles. The molecule has 0 bridgehead atoms. The van der Waals surface area contributed by atoms with Crippen LogP contribution in [0.15, 0.2) is 42.5 Å². The fourth-order valence-corrected chi connectivity index (χ4v) is 3.43. The summed E-state index contributed by atoms with van der Waals surface area (Å²) in [6.07, 6.45) is -3.65. The first-order valence-corrected chi connectivity index (χ1v) is 8.99. The lowest BCUT2D eigenvalue weighted by atomic mass is 9.89. The van der Waals surface area contributed by atoms with E-state index in [1.54, 1.807) is 0 Å². The van der Waals surface area contributed by atoms with Crippen LogP contribution in [0.5, 0.6) is 5.75 Å². The monoisotopic (exact) mass is 394 g/mol. The third kappa shape index (κ3) is 4.71. The minimum Gasteiger partial charge on any atom is -0.487 e. The van der Waals surface area contributed by atoms with Crippen LogP contribution in [0.25, 0.3) is 0 Å². The number of ether oxygens (including phenoxy) is 1. The molecule has 1 atom stereocenters. The Kier molecular flexibility index (Phi) is 5.08. The highest BCUT2D eigenvalue weighted by Crippen LogP contribution is 2.40. The molecule has 0 aromatic heterocycles. The fraction of sp³-hybridized carbons (Fsp3) is 0.350. The van der Waals surface area contributed by atoms with Gasteiger partial charge in [0.05, 0.1) is 11.6 Å². The van der Waals surface area contributed by atoms with E-state index in [1.165, 1.54) is 12.1 Å². The van der Waals surface area contributed by atoms with Crippen LogP contribution in [0.3, 0.4) is 0 Å². The van der Waals surface area contributed by atoms with Crippen molar-refractivity contribution in [2.45, 2.75) is 45.0 Å². The predicted molar refractivity (Wildman–Crippen MR) is 104 cm³/mol. The Labute approximate surface area is 161 Å². The summed E-state index contributed by atoms with van der Waals surface area (Å²) in [5.41, 5.74) is 1.58. The van der Waals surface area contributed by atoms with E-state index in [0.717, 1.165) is 29.0 Å². The molecule has 0 unspecified atom stereocenters. The third-order valence-corrected chi connectivity index (χ3v) is 4.62. The van der Waals surface area contributed by atoms with Crippen molar-refractivity contribution >= 4 is 23.0 Å². The zero-order chi connectivity index (χ0) is 19.8. The summed E-state index contributed by atoms with van der Waals surface area (Å²) >= 11 is 5.37. The van der Waals surface area contributed by atoms with Gasteiger partial charge in [0.15, 0.2) is 5.11 Å². The first-order chi connectivity index (χ1) is 12.5. The van der Waals surface area contributed by atoms with Crippen LogP contribution in [-0.4, -0.2) is 10.7 Å². The zero-order valence-corrected chi connectivity index (χ0v) is 16.1. The summed E-state index contributed by atoms with van der Waals surface area (Å²) in [6.45, 7) is 6.03. The van der Waals surface area contributed by atoms with Gasteiger partial charge in [-0.1, -0.05) is 17.7 Å². The molecule has 1 heterocycles. The maximum absolute atomic E-state index is 12.7. The van der Waals surface area contributed by atoms with E-state index in [4.69, 9.17) is 17.0 Å². The number of benzene rings is 2. The van der Waals surface area contributed by atoms with Crippen LogP contribution in [0.4, 0.5) is 18.9 Å². The standard InChI is InChI=1S/C20H21F3N2OS/c1-12-4-9-17-15(10-12)16(11-19(2,3)26-17)25-18(27)24-14-7-5-13(6-8-14)20(21,22)23/h4-10,16H,11H2,1-3H3,(H2,24,25,27)/t16-/m1/s1. The van der Waals surface area contributed by atoms with Crippen LogP contribution in [0.1, 0.15) is 43.0 Å². The molecular weight excluding hydrogens is 373 g/mol. The highest BCUT2D eigenvalue weighted by atomic mass is 32.1. The maximum Gasteiger partial charge on any atom is 0.416 e. The summed E-state index contributed by atoms with van der Waals surface area (Å²) in [4.78, 5) is 0. The summed E-state index contributed by atoms with van der Waals surface area (Å²) in [6, 6.07) is 10.7. The summed E-state index contributed by atoms with van der Waals surface area (Å²) < 4.78 is 44.0. The number of nitrogens with one attached hydrogen (secondary N) is 2. The van der Waals surface area contributed by atoms with Gasteiger partial charge in [-0.25, -0.2) is 0 Å². The topological polar surface area (TPSA) is 33.3 Å². The van der Waals surface area contributed by atoms with E-state index in [2.05, 4.69) is 16.7 Å². The molecule has 1 aliphatic rings. The first kappa shape index (κ1) is 19.5. The molecule has 0 saturated carbocycles. The van der Waals surface area contributed by atoms with Crippen LogP contribution in [-0.2, 0) is 6.18 Å². The van der Waals surface area contributed by atoms with E-state index in [-0.39, 0.29) is 11.6 Å². The Morgan fingerprint density at radius 3 is 2.44 bits per heavy atom. The fourth-order valence-electron chi connectivity index (χ4n) is 3.17. The number of anilines is 1. The predicted octanol–water partition coefficient (Wildman–Crippen LogP) is 5.60. The smallest absolute Gasteiger partial charge is 0.416 e. The van der Waals surface area contributed by atoms with Gasteiger partial charge in [-0.15, -0.1) is 0 Å². The summed E-state index contributed by atoms with van der Waals surface area (Å²) in [5.74, 6) is 0.812. The zero-order valence-electron chi connectivity index (χ0n) is 15.3. The van der Waals surface area contributed by atoms with Crippen molar-refractivity contribution in [1.29, 1.82) is 0 Å². The Hall–Kier alpha value is -2.28. The van der Waals surface area contributed by atoms with Gasteiger partial charge < -0.3 is 15.4 Å². The average molecular weight is 394 g/mol. The average Bonchev–Trinajstić information content (AvgIpc) is 2.54. The normalized spacial score (nSPS) is 18.2. The molecule has 0 spiro atoms. The summed E-state index contributed by atoms with van der Waals surface area (Å²) in [7, 11) is 0. The van der Waals surface area contributed by atoms with Gasteiger partial charge >= 0.3 is 6.18 Å². The van der Waals surface area contributed by atoms with Gasteiger partial charge in [0.25, 0.3) is 0 Å². The number of halogens is 3. The lowest BCUT2D eigenvalue weighted by molar-refractivity contribution is -0.137. The van der Waals surface area contributed by atoms with Crippen molar-refractivity contribution in [3.63, 3.8) is 0 Å². The van der Waals surface area contributed by atoms with E-state index in [1.807, 2.05) is 32.9 Å². The lowest BCUT2D eigenvalue weighted by Crippen LogP contribution is -2.42. The minimum absolute atomic E-state index is 0.0573. The van der Waals surface area contributed by atoms with Crippen molar-refractivity contribution < 1.29 is 17.9 Å². The minimum atomic E-state index is -4.35. The van der Waals surface area contributed by atoms with Crippen LogP contribution in [0.2, 0.25) is 0 Å². The summed E-state index contributed by atoms with van der Waals surface area (Å²) in [5, 5.41) is 6.57. The van der Waals surface area contributed by atoms with Crippen LogP contribution in [0, 0.1) is 6.92 Å². The van der Waals surface area contributed by atoms with Crippen molar-refractivity contribution in [3.05, 3.63) is 59.2 Å². The first-order valence-electron chi connectivity index (χ1n) is 8.58. The molecule has 3 nitrogen and oxygen atoms in total. The molecule has 3 rings (SSSR count).